The van der Waals surface area contributed by atoms with Crippen LogP contribution in [0.4, 0.5) is 0 Å². The first-order chi connectivity index (χ1) is 10.2. The summed E-state index contributed by atoms with van der Waals surface area (Å²) in [5, 5.41) is 0. The summed E-state index contributed by atoms with van der Waals surface area (Å²) in [7, 11) is 0. The molecular weight excluding hydrogens is 296 g/mol. The van der Waals surface area contributed by atoms with Gasteiger partial charge in [-0.1, -0.05) is 0 Å². The van der Waals surface area contributed by atoms with Gasteiger partial charge in [-0.2, -0.15) is 0 Å². The molecule has 0 fully saturated rings. The third-order valence-corrected chi connectivity index (χ3v) is 12.0. The van der Waals surface area contributed by atoms with Crippen LogP contribution in [0, 0.1) is 0 Å². The molecule has 0 N–H and O–H groups in total. The summed E-state index contributed by atoms with van der Waals surface area (Å²) in [6.07, 6.45) is 8.99. The fourth-order valence-corrected chi connectivity index (χ4v) is 10.9. The summed E-state index contributed by atoms with van der Waals surface area (Å²) in [6, 6.07) is 8.60. The first-order valence-electron chi connectivity index (χ1n) is 8.02. The molecule has 0 atom stereocenters. The molecule has 0 aliphatic rings. The minimum absolute atomic E-state index is 1.07. The van der Waals surface area contributed by atoms with Crippen molar-refractivity contribution in [3.8, 4) is 0 Å². The topological polar surface area (TPSA) is 16.3 Å². The summed E-state index contributed by atoms with van der Waals surface area (Å²) in [4.78, 5) is 0. The van der Waals surface area contributed by atoms with Crippen LogP contribution in [0.25, 0.3) is 0 Å². The van der Waals surface area contributed by atoms with Gasteiger partial charge in [0.25, 0.3) is 0 Å². The average molecular weight is 324 g/mol. The van der Waals surface area contributed by atoms with Crippen LogP contribution in [0.15, 0.2) is 49.1 Å². The van der Waals surface area contributed by atoms with Crippen LogP contribution in [0.3, 0.4) is 0 Å². The first kappa shape index (κ1) is 16.6. The summed E-state index contributed by atoms with van der Waals surface area (Å²) in [5.41, 5.74) is 0. The molecule has 0 aromatic carbocycles. The van der Waals surface area contributed by atoms with Gasteiger partial charge in [0.1, 0.15) is 0 Å². The van der Waals surface area contributed by atoms with Gasteiger partial charge in [0.2, 0.25) is 0 Å². The molecule has 0 unspecified atom stereocenters. The van der Waals surface area contributed by atoms with Gasteiger partial charge in [0.15, 0.2) is 0 Å². The number of aromatic nitrogens is 2. The van der Waals surface area contributed by atoms with Crippen LogP contribution in [-0.4, -0.2) is 39.0 Å². The molecule has 116 valence electrons. The molecule has 4 nitrogen and oxygen atoms in total. The normalized spacial score (nSPS) is 12.5. The molecule has 0 saturated heterocycles. The van der Waals surface area contributed by atoms with Gasteiger partial charge in [0.05, 0.1) is 0 Å². The van der Waals surface area contributed by atoms with Crippen molar-refractivity contribution >= 4 is 0 Å². The fourth-order valence-electron chi connectivity index (χ4n) is 3.35. The Morgan fingerprint density at radius 2 is 0.905 bits per heavy atom. The second-order valence-corrected chi connectivity index (χ2v) is 10.6. The van der Waals surface area contributed by atoms with Crippen molar-refractivity contribution in [1.29, 1.82) is 0 Å². The van der Waals surface area contributed by atoms with Crippen molar-refractivity contribution in [3.63, 3.8) is 0 Å². The van der Waals surface area contributed by atoms with Crippen molar-refractivity contribution in [2.24, 2.45) is 0 Å². The number of rotatable bonds is 8. The van der Waals surface area contributed by atoms with Crippen molar-refractivity contribution in [2.75, 3.05) is 26.2 Å². The quantitative estimate of drug-likeness (QED) is 0.694. The average Bonchev–Trinajstić information content (AvgIpc) is 3.21. The second-order valence-electron chi connectivity index (χ2n) is 5.13. The van der Waals surface area contributed by atoms with Crippen LogP contribution < -0.4 is 0 Å². The monoisotopic (exact) mass is 324 g/mol. The van der Waals surface area contributed by atoms with E-state index in [4.69, 9.17) is 0 Å². The summed E-state index contributed by atoms with van der Waals surface area (Å²) < 4.78 is 10.4. The predicted octanol–water partition coefficient (Wildman–Crippen LogP) is 3.18. The maximum atomic E-state index is 2.69. The molecule has 0 aliphatic heterocycles. The van der Waals surface area contributed by atoms with Crippen molar-refractivity contribution in [1.82, 2.24) is 12.9 Å². The zero-order valence-electron chi connectivity index (χ0n) is 13.7. The van der Waals surface area contributed by atoms with E-state index in [1.165, 1.54) is 0 Å². The Bertz CT molecular complexity index is 450. The third kappa shape index (κ3) is 2.78. The van der Waals surface area contributed by atoms with E-state index in [1.54, 1.807) is 0 Å². The van der Waals surface area contributed by atoms with Gasteiger partial charge in [0, 0.05) is 0 Å². The van der Waals surface area contributed by atoms with Gasteiger partial charge in [-0.15, -0.1) is 0 Å². The van der Waals surface area contributed by atoms with Gasteiger partial charge in [-0.3, -0.25) is 0 Å². The molecule has 0 saturated carbocycles. The van der Waals surface area contributed by atoms with Crippen LogP contribution in [0.2, 0.25) is 0 Å². The van der Waals surface area contributed by atoms with Crippen molar-refractivity contribution < 1.29 is 17.6 Å². The number of hydrogen-bond donors (Lipinski definition) is 0. The predicted molar refractivity (Wildman–Crippen MR) is 85.5 cm³/mol. The molecule has 0 radical (unpaired) electrons. The number of hydrogen-bond acceptors (Lipinski definition) is 2. The minimum atomic E-state index is -2.86. The van der Waals surface area contributed by atoms with E-state index in [9.17, 15) is 0 Å². The Kier molecular flexibility index (Phi) is 5.88. The molecule has 2 aromatic heterocycles. The van der Waals surface area contributed by atoms with E-state index in [0.29, 0.717) is 0 Å². The van der Waals surface area contributed by atoms with Crippen molar-refractivity contribution in [2.45, 2.75) is 27.7 Å². The molecule has 0 bridgehead atoms. The second kappa shape index (κ2) is 7.45. The van der Waals surface area contributed by atoms with Gasteiger partial charge in [-0.25, -0.2) is 0 Å². The Hall–Kier alpha value is -0.806. The Morgan fingerprint density at radius 1 is 0.619 bits per heavy atom. The zero-order valence-corrected chi connectivity index (χ0v) is 15.3. The van der Waals surface area contributed by atoms with Gasteiger partial charge in [-0.05, 0) is 0 Å². The van der Waals surface area contributed by atoms with Crippen LogP contribution in [0.1, 0.15) is 27.7 Å². The van der Waals surface area contributed by atoms with Gasteiger partial charge < -0.3 is 0 Å². The SMILES string of the molecule is CC[N](CC)[Ti]([N](CC)CC)([n]1cccc1)[n]1cccc1. The molecule has 5 heteroatoms. The van der Waals surface area contributed by atoms with E-state index in [1.807, 2.05) is 0 Å². The Labute approximate surface area is 133 Å². The van der Waals surface area contributed by atoms with E-state index in [2.05, 4.69) is 89.6 Å². The number of nitrogens with zero attached hydrogens (tertiary/aromatic N) is 4. The Balaban J connectivity index is 2.69. The van der Waals surface area contributed by atoms with E-state index in [-0.39, 0.29) is 0 Å². The third-order valence-electron chi connectivity index (χ3n) is 4.28. The molecule has 2 aromatic rings. The fraction of sp³-hybridized carbons (Fsp3) is 0.500. The summed E-state index contributed by atoms with van der Waals surface area (Å²) >= 11 is -2.86. The molecule has 0 aliphatic carbocycles. The molecule has 0 amide bonds. The summed E-state index contributed by atoms with van der Waals surface area (Å²) in [6.45, 7) is 13.4. The van der Waals surface area contributed by atoms with Gasteiger partial charge >= 0.3 is 133 Å². The molecule has 2 heterocycles. The van der Waals surface area contributed by atoms with E-state index < -0.39 is 17.6 Å². The standard InChI is InChI=1S/2C4H4N.2C4H10N.Ti/c2*1-2-4-5-3-1;2*1-3-5-4-2;/h2*1-4H;2*3-4H2,1-2H3;/q4*-1;+4. The van der Waals surface area contributed by atoms with Crippen LogP contribution >= 0.6 is 0 Å². The molecule has 21 heavy (non-hydrogen) atoms. The van der Waals surface area contributed by atoms with Crippen LogP contribution in [-0.2, 0) is 17.6 Å². The molecular formula is C16H28N4Ti. The van der Waals surface area contributed by atoms with Crippen LogP contribution in [0.5, 0.6) is 0 Å². The Morgan fingerprint density at radius 3 is 1.14 bits per heavy atom. The van der Waals surface area contributed by atoms with E-state index in [0.717, 1.165) is 26.2 Å². The van der Waals surface area contributed by atoms with E-state index >= 15 is 0 Å². The zero-order chi connectivity index (χ0) is 15.3. The summed E-state index contributed by atoms with van der Waals surface area (Å²) in [5.74, 6) is 0. The van der Waals surface area contributed by atoms with Crippen molar-refractivity contribution in [3.05, 3.63) is 49.1 Å². The first-order valence-corrected chi connectivity index (χ1v) is 10.8. The molecule has 2 rings (SSSR count). The molecule has 0 spiro atoms. The maximum absolute atomic E-state index is 2.86.